The average molecular weight is 224 g/mol. The summed E-state index contributed by atoms with van der Waals surface area (Å²) in [6, 6.07) is 1.31. The second kappa shape index (κ2) is 4.47. The second-order valence-electron chi connectivity index (χ2n) is 4.59. The number of methoxy groups -OCH3 is 1. The Morgan fingerprint density at radius 1 is 1.50 bits per heavy atom. The van der Waals surface area contributed by atoms with Crippen molar-refractivity contribution in [1.29, 1.82) is 0 Å². The molecule has 1 aromatic rings. The van der Waals surface area contributed by atoms with Gasteiger partial charge >= 0.3 is 5.97 Å². The highest BCUT2D eigenvalue weighted by atomic mass is 16.5. The summed E-state index contributed by atoms with van der Waals surface area (Å²) in [6.07, 6.45) is 0.0174. The van der Waals surface area contributed by atoms with Crippen molar-refractivity contribution < 1.29 is 9.53 Å². The van der Waals surface area contributed by atoms with E-state index in [-0.39, 0.29) is 17.4 Å². The molecule has 0 aliphatic carbocycles. The molecular formula is C11H16N2O3. The summed E-state index contributed by atoms with van der Waals surface area (Å²) in [6.45, 7) is 5.81. The fourth-order valence-electron chi connectivity index (χ4n) is 1.17. The number of nitrogens with one attached hydrogen (secondary N) is 1. The maximum Gasteiger partial charge on any atom is 0.311 e. The number of rotatable bonds is 2. The SMILES string of the molecule is COC(=O)Cc1cc(=O)[nH]c(C(C)(C)C)n1. The molecule has 0 saturated heterocycles. The topological polar surface area (TPSA) is 72.1 Å². The molecule has 1 aromatic heterocycles. The monoisotopic (exact) mass is 224 g/mol. The molecule has 16 heavy (non-hydrogen) atoms. The van der Waals surface area contributed by atoms with Crippen LogP contribution >= 0.6 is 0 Å². The van der Waals surface area contributed by atoms with Crippen molar-refractivity contribution in [3.05, 3.63) is 27.9 Å². The third-order valence-corrected chi connectivity index (χ3v) is 2.06. The van der Waals surface area contributed by atoms with E-state index in [4.69, 9.17) is 0 Å². The molecule has 0 radical (unpaired) electrons. The minimum Gasteiger partial charge on any atom is -0.469 e. The van der Waals surface area contributed by atoms with Gasteiger partial charge in [0.25, 0.3) is 5.56 Å². The summed E-state index contributed by atoms with van der Waals surface area (Å²) in [5.74, 6) is 0.164. The predicted molar refractivity (Wildman–Crippen MR) is 59.3 cm³/mol. The van der Waals surface area contributed by atoms with Crippen molar-refractivity contribution in [3.63, 3.8) is 0 Å². The van der Waals surface area contributed by atoms with Crippen LogP contribution in [0.1, 0.15) is 32.3 Å². The molecule has 1 heterocycles. The van der Waals surface area contributed by atoms with Crippen molar-refractivity contribution in [2.75, 3.05) is 7.11 Å². The van der Waals surface area contributed by atoms with Crippen molar-refractivity contribution in [3.8, 4) is 0 Å². The highest BCUT2D eigenvalue weighted by molar-refractivity contribution is 5.71. The van der Waals surface area contributed by atoms with E-state index >= 15 is 0 Å². The Balaban J connectivity index is 3.09. The molecule has 0 aromatic carbocycles. The first-order valence-electron chi connectivity index (χ1n) is 5.00. The lowest BCUT2D eigenvalue weighted by molar-refractivity contribution is -0.139. The van der Waals surface area contributed by atoms with Crippen LogP contribution in [0.4, 0.5) is 0 Å². The maximum absolute atomic E-state index is 11.4. The Hall–Kier alpha value is -1.65. The van der Waals surface area contributed by atoms with E-state index in [9.17, 15) is 9.59 Å². The van der Waals surface area contributed by atoms with Gasteiger partial charge in [-0.3, -0.25) is 9.59 Å². The fourth-order valence-corrected chi connectivity index (χ4v) is 1.17. The zero-order valence-corrected chi connectivity index (χ0v) is 9.96. The molecule has 0 aliphatic rings. The van der Waals surface area contributed by atoms with E-state index in [1.165, 1.54) is 13.2 Å². The van der Waals surface area contributed by atoms with Crippen molar-refractivity contribution in [2.24, 2.45) is 0 Å². The minimum atomic E-state index is -0.405. The van der Waals surface area contributed by atoms with E-state index in [1.807, 2.05) is 20.8 Å². The Labute approximate surface area is 93.9 Å². The summed E-state index contributed by atoms with van der Waals surface area (Å²) in [5, 5.41) is 0. The standard InChI is InChI=1S/C11H16N2O3/c1-11(2,3)10-12-7(5-8(14)13-10)6-9(15)16-4/h5H,6H2,1-4H3,(H,12,13,14). The molecule has 0 saturated carbocycles. The summed E-state index contributed by atoms with van der Waals surface area (Å²) in [5.41, 5.74) is -0.0787. The van der Waals surface area contributed by atoms with Crippen LogP contribution in [0.25, 0.3) is 0 Å². The highest BCUT2D eigenvalue weighted by Crippen LogP contribution is 2.16. The zero-order valence-electron chi connectivity index (χ0n) is 9.96. The van der Waals surface area contributed by atoms with Gasteiger partial charge in [-0.25, -0.2) is 4.98 Å². The molecule has 1 rings (SSSR count). The van der Waals surface area contributed by atoms with E-state index in [2.05, 4.69) is 14.7 Å². The predicted octanol–water partition coefficient (Wildman–Crippen LogP) is 0.783. The molecule has 0 unspecified atom stereocenters. The second-order valence-corrected chi connectivity index (χ2v) is 4.59. The quantitative estimate of drug-likeness (QED) is 0.753. The molecule has 88 valence electrons. The van der Waals surface area contributed by atoms with Gasteiger partial charge in [-0.1, -0.05) is 20.8 Å². The van der Waals surface area contributed by atoms with Gasteiger partial charge in [-0.05, 0) is 0 Å². The first kappa shape index (κ1) is 12.4. The average Bonchev–Trinajstić information content (AvgIpc) is 2.15. The van der Waals surface area contributed by atoms with E-state index in [0.29, 0.717) is 11.5 Å². The van der Waals surface area contributed by atoms with Gasteiger partial charge in [0, 0.05) is 11.5 Å². The molecule has 0 amide bonds. The number of hydrogen-bond acceptors (Lipinski definition) is 4. The number of carbonyl (C=O) groups excluding carboxylic acids is 1. The zero-order chi connectivity index (χ0) is 12.3. The lowest BCUT2D eigenvalue weighted by atomic mass is 9.95. The van der Waals surface area contributed by atoms with Crippen LogP contribution in [0.5, 0.6) is 0 Å². The van der Waals surface area contributed by atoms with Gasteiger partial charge in [-0.15, -0.1) is 0 Å². The summed E-state index contributed by atoms with van der Waals surface area (Å²) >= 11 is 0. The molecule has 5 nitrogen and oxygen atoms in total. The third kappa shape index (κ3) is 3.18. The van der Waals surface area contributed by atoms with Gasteiger partial charge in [0.15, 0.2) is 0 Å². The van der Waals surface area contributed by atoms with Crippen molar-refractivity contribution >= 4 is 5.97 Å². The van der Waals surface area contributed by atoms with Crippen LogP contribution in [0.2, 0.25) is 0 Å². The molecule has 0 atom stereocenters. The van der Waals surface area contributed by atoms with E-state index < -0.39 is 5.97 Å². The van der Waals surface area contributed by atoms with E-state index in [1.54, 1.807) is 0 Å². The number of nitrogens with zero attached hydrogens (tertiary/aromatic N) is 1. The van der Waals surface area contributed by atoms with Crippen molar-refractivity contribution in [2.45, 2.75) is 32.6 Å². The van der Waals surface area contributed by atoms with Gasteiger partial charge in [0.1, 0.15) is 5.82 Å². The number of ether oxygens (including phenoxy) is 1. The van der Waals surface area contributed by atoms with Crippen LogP contribution < -0.4 is 5.56 Å². The Morgan fingerprint density at radius 3 is 2.62 bits per heavy atom. The van der Waals surface area contributed by atoms with E-state index in [0.717, 1.165) is 0 Å². The first-order chi connectivity index (χ1) is 7.32. The lowest BCUT2D eigenvalue weighted by Gasteiger charge is -2.17. The van der Waals surface area contributed by atoms with Crippen molar-refractivity contribution in [1.82, 2.24) is 9.97 Å². The normalized spacial score (nSPS) is 11.2. The van der Waals surface area contributed by atoms with Crippen LogP contribution in [0.15, 0.2) is 10.9 Å². The van der Waals surface area contributed by atoms with Crippen LogP contribution in [-0.2, 0) is 21.4 Å². The minimum absolute atomic E-state index is 0.0174. The fraction of sp³-hybridized carbons (Fsp3) is 0.545. The number of hydrogen-bond donors (Lipinski definition) is 1. The molecular weight excluding hydrogens is 208 g/mol. The first-order valence-corrected chi connectivity index (χ1v) is 5.00. The third-order valence-electron chi connectivity index (χ3n) is 2.06. The largest absolute Gasteiger partial charge is 0.469 e. The Bertz CT molecular complexity index is 443. The Morgan fingerprint density at radius 2 is 2.12 bits per heavy atom. The van der Waals surface area contributed by atoms with Crippen LogP contribution in [-0.4, -0.2) is 23.0 Å². The molecule has 5 heteroatoms. The van der Waals surface area contributed by atoms with Crippen LogP contribution in [0.3, 0.4) is 0 Å². The number of carbonyl (C=O) groups is 1. The van der Waals surface area contributed by atoms with Gasteiger partial charge in [0.05, 0.1) is 19.2 Å². The number of esters is 1. The Kier molecular flexibility index (Phi) is 3.47. The van der Waals surface area contributed by atoms with Gasteiger partial charge < -0.3 is 9.72 Å². The number of H-pyrrole nitrogens is 1. The maximum atomic E-state index is 11.4. The number of aromatic amines is 1. The van der Waals surface area contributed by atoms with Gasteiger partial charge in [0.2, 0.25) is 0 Å². The molecule has 0 bridgehead atoms. The molecule has 1 N–H and O–H groups in total. The summed E-state index contributed by atoms with van der Waals surface area (Å²) in [7, 11) is 1.31. The molecule has 0 fully saturated rings. The molecule has 0 spiro atoms. The summed E-state index contributed by atoms with van der Waals surface area (Å²) in [4.78, 5) is 29.4. The lowest BCUT2D eigenvalue weighted by Crippen LogP contribution is -2.23. The van der Waals surface area contributed by atoms with Gasteiger partial charge in [-0.2, -0.15) is 0 Å². The smallest absolute Gasteiger partial charge is 0.311 e. The van der Waals surface area contributed by atoms with Crippen LogP contribution in [0, 0.1) is 0 Å². The number of aromatic nitrogens is 2. The molecule has 0 aliphatic heterocycles. The summed E-state index contributed by atoms with van der Waals surface area (Å²) < 4.78 is 4.53. The highest BCUT2D eigenvalue weighted by Gasteiger charge is 2.18.